The lowest BCUT2D eigenvalue weighted by atomic mass is 10.2. The predicted octanol–water partition coefficient (Wildman–Crippen LogP) is 0.279. The van der Waals surface area contributed by atoms with Crippen LogP contribution >= 0.6 is 0 Å². The molecular formula is C7H12N2O. The predicted molar refractivity (Wildman–Crippen MR) is 37.5 cm³/mol. The van der Waals surface area contributed by atoms with Gasteiger partial charge in [0.05, 0.1) is 12.7 Å². The molecule has 0 aromatic rings. The first-order chi connectivity index (χ1) is 4.93. The summed E-state index contributed by atoms with van der Waals surface area (Å²) in [5.74, 6) is 0. The highest BCUT2D eigenvalue weighted by molar-refractivity contribution is 4.75. The van der Waals surface area contributed by atoms with E-state index in [1.54, 1.807) is 0 Å². The van der Waals surface area contributed by atoms with Crippen molar-refractivity contribution >= 4 is 0 Å². The van der Waals surface area contributed by atoms with Crippen LogP contribution in [0.25, 0.3) is 0 Å². The Hall–Kier alpha value is -0.590. The van der Waals surface area contributed by atoms with Gasteiger partial charge in [-0.3, -0.25) is 0 Å². The first-order valence-electron chi connectivity index (χ1n) is 3.61. The van der Waals surface area contributed by atoms with Crippen molar-refractivity contribution in [3.8, 4) is 6.07 Å². The molecule has 10 heavy (non-hydrogen) atoms. The molecule has 0 radical (unpaired) electrons. The second-order valence-electron chi connectivity index (χ2n) is 2.42. The van der Waals surface area contributed by atoms with Gasteiger partial charge in [0.1, 0.15) is 0 Å². The average Bonchev–Trinajstić information content (AvgIpc) is 2.41. The molecule has 0 aromatic heterocycles. The van der Waals surface area contributed by atoms with Gasteiger partial charge in [0, 0.05) is 25.6 Å². The van der Waals surface area contributed by atoms with Gasteiger partial charge in [-0.1, -0.05) is 0 Å². The van der Waals surface area contributed by atoms with Gasteiger partial charge in [-0.05, 0) is 6.42 Å². The van der Waals surface area contributed by atoms with Crippen molar-refractivity contribution in [2.24, 2.45) is 0 Å². The normalized spacial score (nSPS) is 24.5. The molecule has 3 nitrogen and oxygen atoms in total. The SMILES string of the molecule is N#CCCNC1CCOC1. The van der Waals surface area contributed by atoms with Crippen LogP contribution in [0.1, 0.15) is 12.8 Å². The summed E-state index contributed by atoms with van der Waals surface area (Å²) in [6.45, 7) is 2.47. The number of ether oxygens (including phenoxy) is 1. The Morgan fingerprint density at radius 3 is 3.20 bits per heavy atom. The maximum atomic E-state index is 8.22. The third kappa shape index (κ3) is 2.34. The van der Waals surface area contributed by atoms with Crippen molar-refractivity contribution < 1.29 is 4.74 Å². The van der Waals surface area contributed by atoms with Crippen LogP contribution in [0.2, 0.25) is 0 Å². The number of hydrogen-bond donors (Lipinski definition) is 1. The highest BCUT2D eigenvalue weighted by Gasteiger charge is 2.13. The highest BCUT2D eigenvalue weighted by atomic mass is 16.5. The number of nitriles is 1. The lowest BCUT2D eigenvalue weighted by molar-refractivity contribution is 0.190. The lowest BCUT2D eigenvalue weighted by Gasteiger charge is -2.06. The summed E-state index contributed by atoms with van der Waals surface area (Å²) in [7, 11) is 0. The Balaban J connectivity index is 1.97. The zero-order valence-electron chi connectivity index (χ0n) is 5.97. The molecule has 0 amide bonds. The van der Waals surface area contributed by atoms with E-state index in [1.165, 1.54) is 0 Å². The van der Waals surface area contributed by atoms with Gasteiger partial charge in [0.2, 0.25) is 0 Å². The average molecular weight is 140 g/mol. The molecule has 56 valence electrons. The molecular weight excluding hydrogens is 128 g/mol. The molecule has 1 saturated heterocycles. The van der Waals surface area contributed by atoms with Gasteiger partial charge < -0.3 is 10.1 Å². The standard InChI is InChI=1S/C7H12N2O/c8-3-1-4-9-7-2-5-10-6-7/h7,9H,1-2,4-6H2. The Kier molecular flexibility index (Phi) is 3.20. The van der Waals surface area contributed by atoms with Crippen LogP contribution in [0, 0.1) is 11.3 Å². The molecule has 1 unspecified atom stereocenters. The van der Waals surface area contributed by atoms with Crippen LogP contribution < -0.4 is 5.32 Å². The second-order valence-corrected chi connectivity index (χ2v) is 2.42. The van der Waals surface area contributed by atoms with E-state index in [1.807, 2.05) is 0 Å². The van der Waals surface area contributed by atoms with E-state index in [0.717, 1.165) is 26.2 Å². The lowest BCUT2D eigenvalue weighted by Crippen LogP contribution is -2.29. The minimum Gasteiger partial charge on any atom is -0.380 e. The van der Waals surface area contributed by atoms with E-state index in [4.69, 9.17) is 10.00 Å². The molecule has 1 aliphatic heterocycles. The fourth-order valence-corrected chi connectivity index (χ4v) is 1.03. The molecule has 1 aliphatic rings. The molecule has 0 aromatic carbocycles. The van der Waals surface area contributed by atoms with Gasteiger partial charge in [-0.15, -0.1) is 0 Å². The quantitative estimate of drug-likeness (QED) is 0.573. The van der Waals surface area contributed by atoms with Crippen LogP contribution in [0.5, 0.6) is 0 Å². The molecule has 0 bridgehead atoms. The van der Waals surface area contributed by atoms with Gasteiger partial charge in [-0.2, -0.15) is 5.26 Å². The van der Waals surface area contributed by atoms with Crippen LogP contribution in [0.3, 0.4) is 0 Å². The van der Waals surface area contributed by atoms with E-state index in [9.17, 15) is 0 Å². The third-order valence-corrected chi connectivity index (χ3v) is 1.60. The minimum absolute atomic E-state index is 0.494. The van der Waals surface area contributed by atoms with E-state index in [-0.39, 0.29) is 0 Å². The maximum absolute atomic E-state index is 8.22. The third-order valence-electron chi connectivity index (χ3n) is 1.60. The van der Waals surface area contributed by atoms with E-state index in [0.29, 0.717) is 12.5 Å². The largest absolute Gasteiger partial charge is 0.380 e. The topological polar surface area (TPSA) is 45.0 Å². The summed E-state index contributed by atoms with van der Waals surface area (Å²) in [5, 5.41) is 11.5. The van der Waals surface area contributed by atoms with Crippen LogP contribution in [0.4, 0.5) is 0 Å². The van der Waals surface area contributed by atoms with Crippen molar-refractivity contribution in [3.05, 3.63) is 0 Å². The molecule has 1 atom stereocenters. The van der Waals surface area contributed by atoms with Crippen LogP contribution in [-0.2, 0) is 4.74 Å². The summed E-state index contributed by atoms with van der Waals surface area (Å²) < 4.78 is 5.14. The Bertz CT molecular complexity index is 124. The number of nitrogens with zero attached hydrogens (tertiary/aromatic N) is 1. The Morgan fingerprint density at radius 1 is 1.70 bits per heavy atom. The summed E-state index contributed by atoms with van der Waals surface area (Å²) in [6.07, 6.45) is 1.68. The van der Waals surface area contributed by atoms with E-state index >= 15 is 0 Å². The molecule has 1 fully saturated rings. The van der Waals surface area contributed by atoms with Gasteiger partial charge in [0.25, 0.3) is 0 Å². The van der Waals surface area contributed by atoms with Crippen molar-refractivity contribution in [2.45, 2.75) is 18.9 Å². The van der Waals surface area contributed by atoms with Gasteiger partial charge in [-0.25, -0.2) is 0 Å². The second kappa shape index (κ2) is 4.26. The number of nitrogens with one attached hydrogen (secondary N) is 1. The molecule has 0 spiro atoms. The van der Waals surface area contributed by atoms with Gasteiger partial charge >= 0.3 is 0 Å². The summed E-state index contributed by atoms with van der Waals surface area (Å²) in [5.41, 5.74) is 0. The summed E-state index contributed by atoms with van der Waals surface area (Å²) in [4.78, 5) is 0. The van der Waals surface area contributed by atoms with E-state index < -0.39 is 0 Å². The summed E-state index contributed by atoms with van der Waals surface area (Å²) in [6, 6.07) is 2.58. The molecule has 1 rings (SSSR count). The molecule has 1 N–H and O–H groups in total. The van der Waals surface area contributed by atoms with Crippen molar-refractivity contribution in [1.29, 1.82) is 5.26 Å². The molecule has 0 saturated carbocycles. The first kappa shape index (κ1) is 7.52. The van der Waals surface area contributed by atoms with Crippen molar-refractivity contribution in [3.63, 3.8) is 0 Å². The minimum atomic E-state index is 0.494. The smallest absolute Gasteiger partial charge is 0.0635 e. The number of rotatable bonds is 3. The Morgan fingerprint density at radius 2 is 2.60 bits per heavy atom. The monoisotopic (exact) mass is 140 g/mol. The van der Waals surface area contributed by atoms with E-state index in [2.05, 4.69) is 11.4 Å². The summed E-state index contributed by atoms with van der Waals surface area (Å²) >= 11 is 0. The highest BCUT2D eigenvalue weighted by Crippen LogP contribution is 2.02. The molecule has 3 heteroatoms. The first-order valence-corrected chi connectivity index (χ1v) is 3.61. The maximum Gasteiger partial charge on any atom is 0.0635 e. The molecule has 0 aliphatic carbocycles. The molecule has 1 heterocycles. The van der Waals surface area contributed by atoms with Gasteiger partial charge in [0.15, 0.2) is 0 Å². The van der Waals surface area contributed by atoms with Crippen molar-refractivity contribution in [2.75, 3.05) is 19.8 Å². The fourth-order valence-electron chi connectivity index (χ4n) is 1.03. The van der Waals surface area contributed by atoms with Crippen LogP contribution in [0.15, 0.2) is 0 Å². The Labute approximate surface area is 61.0 Å². The van der Waals surface area contributed by atoms with Crippen LogP contribution in [-0.4, -0.2) is 25.8 Å². The zero-order chi connectivity index (χ0) is 7.23. The fraction of sp³-hybridized carbons (Fsp3) is 0.857. The number of hydrogen-bond acceptors (Lipinski definition) is 3. The van der Waals surface area contributed by atoms with Crippen molar-refractivity contribution in [1.82, 2.24) is 5.32 Å². The zero-order valence-corrected chi connectivity index (χ0v) is 5.97.